The van der Waals surface area contributed by atoms with Crippen molar-refractivity contribution in [2.24, 2.45) is 11.8 Å². The predicted octanol–water partition coefficient (Wildman–Crippen LogP) is 1.65. The van der Waals surface area contributed by atoms with Crippen LogP contribution in [0, 0.1) is 5.92 Å². The van der Waals surface area contributed by atoms with Crippen LogP contribution in [0.2, 0.25) is 0 Å². The molecule has 1 unspecified atom stereocenters. The number of hydrazine groups is 1. The number of nitrogens with one attached hydrogen (secondary N) is 1. The third-order valence-corrected chi connectivity index (χ3v) is 2.90. The maximum absolute atomic E-state index is 11.7. The molecule has 0 heterocycles. The van der Waals surface area contributed by atoms with Gasteiger partial charge in [0, 0.05) is 0 Å². The van der Waals surface area contributed by atoms with E-state index in [9.17, 15) is 4.79 Å². The lowest BCUT2D eigenvalue weighted by molar-refractivity contribution is -0.129. The second-order valence-corrected chi connectivity index (χ2v) is 4.63. The van der Waals surface area contributed by atoms with Crippen LogP contribution in [0.3, 0.4) is 0 Å². The van der Waals surface area contributed by atoms with Crippen molar-refractivity contribution in [3.05, 3.63) is 23.8 Å². The molecule has 106 valence electrons. The van der Waals surface area contributed by atoms with Gasteiger partial charge < -0.3 is 9.47 Å². The number of rotatable bonds is 6. The third-order valence-electron chi connectivity index (χ3n) is 2.90. The zero-order chi connectivity index (χ0) is 14.4. The van der Waals surface area contributed by atoms with Crippen molar-refractivity contribution in [1.82, 2.24) is 5.43 Å². The van der Waals surface area contributed by atoms with Crippen molar-refractivity contribution in [3.63, 3.8) is 0 Å². The van der Waals surface area contributed by atoms with E-state index in [0.29, 0.717) is 11.5 Å². The highest BCUT2D eigenvalue weighted by Gasteiger charge is 2.24. The molecule has 0 aromatic heterocycles. The Morgan fingerprint density at radius 1 is 1.37 bits per heavy atom. The maximum Gasteiger partial charge on any atom is 0.275 e. The molecule has 1 atom stereocenters. The van der Waals surface area contributed by atoms with Crippen LogP contribution in [0.5, 0.6) is 11.5 Å². The largest absolute Gasteiger partial charge is 0.493 e. The minimum atomic E-state index is -0.647. The number of methoxy groups -OCH3 is 1. The van der Waals surface area contributed by atoms with E-state index >= 15 is 0 Å². The van der Waals surface area contributed by atoms with Crippen molar-refractivity contribution < 1.29 is 14.3 Å². The van der Waals surface area contributed by atoms with Crippen molar-refractivity contribution in [2.45, 2.75) is 33.3 Å². The average molecular weight is 266 g/mol. The third kappa shape index (κ3) is 3.86. The SMILES string of the molecule is CCc1ccc(OC(C(=O)NN)C(C)C)c(OC)c1. The van der Waals surface area contributed by atoms with Crippen molar-refractivity contribution in [3.8, 4) is 11.5 Å². The second-order valence-electron chi connectivity index (χ2n) is 4.63. The van der Waals surface area contributed by atoms with Gasteiger partial charge >= 0.3 is 0 Å². The normalized spacial score (nSPS) is 12.1. The first-order valence-corrected chi connectivity index (χ1v) is 6.37. The van der Waals surface area contributed by atoms with Crippen LogP contribution in [0.4, 0.5) is 0 Å². The quantitative estimate of drug-likeness (QED) is 0.466. The average Bonchev–Trinajstić information content (AvgIpc) is 2.43. The molecule has 0 saturated heterocycles. The van der Waals surface area contributed by atoms with E-state index in [0.717, 1.165) is 12.0 Å². The fourth-order valence-corrected chi connectivity index (χ4v) is 1.74. The summed E-state index contributed by atoms with van der Waals surface area (Å²) in [4.78, 5) is 11.7. The lowest BCUT2D eigenvalue weighted by atomic mass is 10.1. The van der Waals surface area contributed by atoms with E-state index in [4.69, 9.17) is 15.3 Å². The van der Waals surface area contributed by atoms with Crippen molar-refractivity contribution in [2.75, 3.05) is 7.11 Å². The summed E-state index contributed by atoms with van der Waals surface area (Å²) in [5.74, 6) is 5.98. The first-order valence-electron chi connectivity index (χ1n) is 6.37. The zero-order valence-electron chi connectivity index (χ0n) is 11.9. The Morgan fingerprint density at radius 2 is 2.05 bits per heavy atom. The molecule has 0 fully saturated rings. The molecule has 0 spiro atoms. The molecule has 5 heteroatoms. The standard InChI is InChI=1S/C14H22N2O3/c1-5-10-6-7-11(12(8-10)18-4)19-13(9(2)3)14(17)16-15/h6-9,13H,5,15H2,1-4H3,(H,16,17). The summed E-state index contributed by atoms with van der Waals surface area (Å²) < 4.78 is 11.0. The van der Waals surface area contributed by atoms with Crippen molar-refractivity contribution in [1.29, 1.82) is 0 Å². The van der Waals surface area contributed by atoms with Crippen LogP contribution in [-0.2, 0) is 11.2 Å². The highest BCUT2D eigenvalue weighted by atomic mass is 16.5. The number of carbonyl (C=O) groups is 1. The van der Waals surface area contributed by atoms with Gasteiger partial charge in [0.05, 0.1) is 7.11 Å². The number of aryl methyl sites for hydroxylation is 1. The Hall–Kier alpha value is -1.75. The number of benzene rings is 1. The smallest absolute Gasteiger partial charge is 0.275 e. The predicted molar refractivity (Wildman–Crippen MR) is 74.0 cm³/mol. The van der Waals surface area contributed by atoms with Crippen LogP contribution in [0.25, 0.3) is 0 Å². The van der Waals surface area contributed by atoms with Crippen LogP contribution < -0.4 is 20.7 Å². The van der Waals surface area contributed by atoms with E-state index in [2.05, 4.69) is 12.3 Å². The molecule has 1 aromatic rings. The monoisotopic (exact) mass is 266 g/mol. The molecule has 0 aliphatic rings. The van der Waals surface area contributed by atoms with E-state index in [1.54, 1.807) is 7.11 Å². The molecular weight excluding hydrogens is 244 g/mol. The molecule has 0 aliphatic carbocycles. The van der Waals surface area contributed by atoms with Gasteiger partial charge in [-0.25, -0.2) is 5.84 Å². The summed E-state index contributed by atoms with van der Waals surface area (Å²) in [5.41, 5.74) is 3.27. The van der Waals surface area contributed by atoms with Gasteiger partial charge in [-0.3, -0.25) is 10.2 Å². The Labute approximate surface area is 114 Å². The number of ether oxygens (including phenoxy) is 2. The fraction of sp³-hybridized carbons (Fsp3) is 0.500. The Kier molecular flexibility index (Phi) is 5.63. The Morgan fingerprint density at radius 3 is 2.53 bits per heavy atom. The van der Waals surface area contributed by atoms with Gasteiger partial charge in [0.15, 0.2) is 17.6 Å². The number of amides is 1. The lowest BCUT2D eigenvalue weighted by Crippen LogP contribution is -2.44. The van der Waals surface area contributed by atoms with Gasteiger partial charge in [0.1, 0.15) is 0 Å². The number of hydrogen-bond acceptors (Lipinski definition) is 4. The summed E-state index contributed by atoms with van der Waals surface area (Å²) in [7, 11) is 1.58. The summed E-state index contributed by atoms with van der Waals surface area (Å²) in [6.45, 7) is 5.85. The Bertz CT molecular complexity index is 433. The number of carbonyl (C=O) groups excluding carboxylic acids is 1. The van der Waals surface area contributed by atoms with Crippen LogP contribution >= 0.6 is 0 Å². The number of hydrogen-bond donors (Lipinski definition) is 2. The molecule has 5 nitrogen and oxygen atoms in total. The highest BCUT2D eigenvalue weighted by molar-refractivity contribution is 5.80. The van der Waals surface area contributed by atoms with Gasteiger partial charge in [0.2, 0.25) is 0 Å². The fourth-order valence-electron chi connectivity index (χ4n) is 1.74. The molecule has 0 bridgehead atoms. The second kappa shape index (κ2) is 6.99. The highest BCUT2D eigenvalue weighted by Crippen LogP contribution is 2.30. The molecule has 1 rings (SSSR count). The number of nitrogens with two attached hydrogens (primary N) is 1. The molecule has 0 saturated carbocycles. The first-order chi connectivity index (χ1) is 9.03. The summed E-state index contributed by atoms with van der Waals surface area (Å²) in [6, 6.07) is 5.68. The summed E-state index contributed by atoms with van der Waals surface area (Å²) >= 11 is 0. The topological polar surface area (TPSA) is 73.6 Å². The summed E-state index contributed by atoms with van der Waals surface area (Å²) in [5, 5.41) is 0. The molecule has 1 aromatic carbocycles. The maximum atomic E-state index is 11.7. The molecule has 3 N–H and O–H groups in total. The molecule has 0 radical (unpaired) electrons. The minimum absolute atomic E-state index is 0.000826. The lowest BCUT2D eigenvalue weighted by Gasteiger charge is -2.22. The molecular formula is C14H22N2O3. The van der Waals surface area contributed by atoms with Crippen LogP contribution in [-0.4, -0.2) is 19.1 Å². The minimum Gasteiger partial charge on any atom is -0.493 e. The van der Waals surface area contributed by atoms with Gasteiger partial charge in [-0.2, -0.15) is 0 Å². The van der Waals surface area contributed by atoms with E-state index in [1.807, 2.05) is 32.0 Å². The van der Waals surface area contributed by atoms with Gasteiger partial charge in [-0.15, -0.1) is 0 Å². The zero-order valence-corrected chi connectivity index (χ0v) is 11.9. The van der Waals surface area contributed by atoms with E-state index < -0.39 is 6.10 Å². The molecule has 0 aliphatic heterocycles. The van der Waals surface area contributed by atoms with Crippen LogP contribution in [0.15, 0.2) is 18.2 Å². The van der Waals surface area contributed by atoms with E-state index in [1.165, 1.54) is 0 Å². The molecule has 19 heavy (non-hydrogen) atoms. The first kappa shape index (κ1) is 15.3. The van der Waals surface area contributed by atoms with E-state index in [-0.39, 0.29) is 11.8 Å². The van der Waals surface area contributed by atoms with Gasteiger partial charge in [0.25, 0.3) is 5.91 Å². The van der Waals surface area contributed by atoms with Crippen LogP contribution in [0.1, 0.15) is 26.3 Å². The molecule has 1 amide bonds. The summed E-state index contributed by atoms with van der Waals surface area (Å²) in [6.07, 6.45) is 0.263. The van der Waals surface area contributed by atoms with Crippen molar-refractivity contribution >= 4 is 5.91 Å². The Balaban J connectivity index is 2.99. The van der Waals surface area contributed by atoms with Gasteiger partial charge in [-0.05, 0) is 30.0 Å². The van der Waals surface area contributed by atoms with Gasteiger partial charge in [-0.1, -0.05) is 26.8 Å².